The molecule has 2 aromatic carbocycles. The Morgan fingerprint density at radius 2 is 2.12 bits per heavy atom. The monoisotopic (exact) mass is 321 g/mol. The summed E-state index contributed by atoms with van der Waals surface area (Å²) in [7, 11) is 0. The Bertz CT molecular complexity index is 791. The van der Waals surface area contributed by atoms with Crippen LogP contribution in [0.1, 0.15) is 36.5 Å². The Hall–Kier alpha value is -3.00. The lowest BCUT2D eigenvalue weighted by atomic mass is 10.0. The van der Waals surface area contributed by atoms with Crippen molar-refractivity contribution in [1.29, 1.82) is 5.26 Å². The van der Waals surface area contributed by atoms with E-state index in [1.54, 1.807) is 18.3 Å². The van der Waals surface area contributed by atoms with Crippen LogP contribution in [0.3, 0.4) is 0 Å². The van der Waals surface area contributed by atoms with Gasteiger partial charge in [0.15, 0.2) is 0 Å². The molecular weight excluding hydrogens is 302 g/mol. The van der Waals surface area contributed by atoms with Gasteiger partial charge in [-0.1, -0.05) is 31.5 Å². The van der Waals surface area contributed by atoms with E-state index >= 15 is 0 Å². The largest absolute Gasteiger partial charge is 0.270 e. The van der Waals surface area contributed by atoms with Crippen LogP contribution >= 0.6 is 0 Å². The van der Waals surface area contributed by atoms with Gasteiger partial charge in [0.2, 0.25) is 0 Å². The van der Waals surface area contributed by atoms with Crippen molar-refractivity contribution in [2.24, 2.45) is 4.99 Å². The third-order valence-electron chi connectivity index (χ3n) is 3.69. The molecule has 122 valence electrons. The summed E-state index contributed by atoms with van der Waals surface area (Å²) in [5.74, 6) is 0. The van der Waals surface area contributed by atoms with Crippen LogP contribution in [-0.4, -0.2) is 11.1 Å². The molecule has 0 radical (unpaired) electrons. The number of hydrogen-bond acceptors (Lipinski definition) is 4. The molecular formula is C19H19N3O2. The Morgan fingerprint density at radius 3 is 2.83 bits per heavy atom. The van der Waals surface area contributed by atoms with E-state index in [9.17, 15) is 10.1 Å². The predicted octanol–water partition coefficient (Wildman–Crippen LogP) is 4.75. The number of benzene rings is 2. The first-order chi connectivity index (χ1) is 11.6. The molecule has 0 saturated heterocycles. The van der Waals surface area contributed by atoms with Gasteiger partial charge in [0.05, 0.1) is 23.1 Å². The van der Waals surface area contributed by atoms with Gasteiger partial charge in [-0.25, -0.2) is 0 Å². The summed E-state index contributed by atoms with van der Waals surface area (Å²) < 4.78 is 0. The van der Waals surface area contributed by atoms with Crippen LogP contribution in [0.25, 0.3) is 0 Å². The highest BCUT2D eigenvalue weighted by atomic mass is 16.6. The Kier molecular flexibility index (Phi) is 6.21. The quantitative estimate of drug-likeness (QED) is 0.419. The zero-order valence-corrected chi connectivity index (χ0v) is 13.6. The Labute approximate surface area is 141 Å². The van der Waals surface area contributed by atoms with E-state index in [0.717, 1.165) is 41.6 Å². The summed E-state index contributed by atoms with van der Waals surface area (Å²) in [4.78, 5) is 15.0. The number of aliphatic imine (C=N–C) groups is 1. The molecule has 5 nitrogen and oxygen atoms in total. The van der Waals surface area contributed by atoms with Crippen molar-refractivity contribution in [3.05, 3.63) is 69.3 Å². The molecule has 2 aromatic rings. The molecule has 0 aromatic heterocycles. The number of nitro groups is 1. The molecule has 0 bridgehead atoms. The number of hydrogen-bond donors (Lipinski definition) is 0. The van der Waals surface area contributed by atoms with Crippen LogP contribution in [0.15, 0.2) is 47.5 Å². The minimum atomic E-state index is -0.394. The van der Waals surface area contributed by atoms with E-state index < -0.39 is 4.92 Å². The van der Waals surface area contributed by atoms with E-state index in [2.05, 4.69) is 18.0 Å². The lowest BCUT2D eigenvalue weighted by Gasteiger charge is -2.05. The van der Waals surface area contributed by atoms with Crippen LogP contribution in [0, 0.1) is 21.4 Å². The van der Waals surface area contributed by atoms with Gasteiger partial charge in [0.1, 0.15) is 0 Å². The van der Waals surface area contributed by atoms with E-state index in [0.29, 0.717) is 6.42 Å². The van der Waals surface area contributed by atoms with Gasteiger partial charge >= 0.3 is 0 Å². The maximum absolute atomic E-state index is 11.0. The standard InChI is InChI=1S/C19H19N3O2/c1-2-3-6-16-8-9-19(22(23)24)13-17(16)14-21-18-7-4-5-15(12-18)10-11-20/h4-5,7-9,12-14H,2-3,6,10H2,1H3. The van der Waals surface area contributed by atoms with Crippen LogP contribution in [0.2, 0.25) is 0 Å². The van der Waals surface area contributed by atoms with Crippen molar-refractivity contribution in [1.82, 2.24) is 0 Å². The van der Waals surface area contributed by atoms with E-state index in [4.69, 9.17) is 5.26 Å². The first kappa shape index (κ1) is 17.4. The van der Waals surface area contributed by atoms with E-state index in [1.165, 1.54) is 6.07 Å². The van der Waals surface area contributed by atoms with Crippen molar-refractivity contribution >= 4 is 17.6 Å². The van der Waals surface area contributed by atoms with Gasteiger partial charge < -0.3 is 0 Å². The zero-order chi connectivity index (χ0) is 17.4. The van der Waals surface area contributed by atoms with Gasteiger partial charge in [0.25, 0.3) is 5.69 Å². The SMILES string of the molecule is CCCCc1ccc([N+](=O)[O-])cc1C=Nc1cccc(CC#N)c1. The maximum Gasteiger partial charge on any atom is 0.270 e. The lowest BCUT2D eigenvalue weighted by Crippen LogP contribution is -1.96. The molecule has 5 heteroatoms. The number of nitriles is 1. The highest BCUT2D eigenvalue weighted by Gasteiger charge is 2.09. The van der Waals surface area contributed by atoms with Gasteiger partial charge in [-0.3, -0.25) is 15.1 Å². The third-order valence-corrected chi connectivity index (χ3v) is 3.69. The number of nitro benzene ring substituents is 1. The second-order valence-electron chi connectivity index (χ2n) is 5.51. The van der Waals surface area contributed by atoms with Crippen molar-refractivity contribution in [3.8, 4) is 6.07 Å². The number of unbranched alkanes of at least 4 members (excludes halogenated alkanes) is 1. The topological polar surface area (TPSA) is 79.3 Å². The van der Waals surface area contributed by atoms with Crippen molar-refractivity contribution < 1.29 is 4.92 Å². The minimum absolute atomic E-state index is 0.0647. The minimum Gasteiger partial charge on any atom is -0.258 e. The predicted molar refractivity (Wildman–Crippen MR) is 94.7 cm³/mol. The van der Waals surface area contributed by atoms with E-state index in [1.807, 2.05) is 24.3 Å². The molecule has 0 aliphatic heterocycles. The Morgan fingerprint density at radius 1 is 1.29 bits per heavy atom. The van der Waals surface area contributed by atoms with Crippen molar-refractivity contribution in [2.75, 3.05) is 0 Å². The third kappa shape index (κ3) is 4.75. The molecule has 0 amide bonds. The molecule has 0 N–H and O–H groups in total. The average molecular weight is 321 g/mol. The van der Waals surface area contributed by atoms with Crippen LogP contribution in [-0.2, 0) is 12.8 Å². The van der Waals surface area contributed by atoms with Crippen LogP contribution in [0.4, 0.5) is 11.4 Å². The summed E-state index contributed by atoms with van der Waals surface area (Å²) in [6.07, 6.45) is 4.95. The number of nitrogens with zero attached hydrogens (tertiary/aromatic N) is 3. The molecule has 0 saturated carbocycles. The summed E-state index contributed by atoms with van der Waals surface area (Å²) in [6, 6.07) is 14.4. The van der Waals surface area contributed by atoms with Crippen LogP contribution < -0.4 is 0 Å². The number of aryl methyl sites for hydroxylation is 1. The van der Waals surface area contributed by atoms with E-state index in [-0.39, 0.29) is 5.69 Å². The second-order valence-corrected chi connectivity index (χ2v) is 5.51. The van der Waals surface area contributed by atoms with Gasteiger partial charge in [-0.2, -0.15) is 5.26 Å². The van der Waals surface area contributed by atoms with Crippen LogP contribution in [0.5, 0.6) is 0 Å². The van der Waals surface area contributed by atoms with Crippen molar-refractivity contribution in [3.63, 3.8) is 0 Å². The summed E-state index contributed by atoms with van der Waals surface area (Å²) in [5.41, 5.74) is 3.52. The molecule has 0 heterocycles. The highest BCUT2D eigenvalue weighted by Crippen LogP contribution is 2.20. The normalized spacial score (nSPS) is 10.7. The molecule has 0 aliphatic rings. The molecule has 0 atom stereocenters. The average Bonchev–Trinajstić information content (AvgIpc) is 2.59. The lowest BCUT2D eigenvalue weighted by molar-refractivity contribution is -0.384. The maximum atomic E-state index is 11.0. The second kappa shape index (κ2) is 8.59. The van der Waals surface area contributed by atoms with Gasteiger partial charge in [0, 0.05) is 23.9 Å². The first-order valence-electron chi connectivity index (χ1n) is 7.91. The highest BCUT2D eigenvalue weighted by molar-refractivity contribution is 5.85. The zero-order valence-electron chi connectivity index (χ0n) is 13.6. The molecule has 0 spiro atoms. The number of rotatable bonds is 7. The van der Waals surface area contributed by atoms with Crippen molar-refractivity contribution in [2.45, 2.75) is 32.6 Å². The first-order valence-corrected chi connectivity index (χ1v) is 7.91. The molecule has 0 aliphatic carbocycles. The fourth-order valence-corrected chi connectivity index (χ4v) is 2.39. The fraction of sp³-hybridized carbons (Fsp3) is 0.263. The summed E-state index contributed by atoms with van der Waals surface area (Å²) in [5, 5.41) is 19.8. The summed E-state index contributed by atoms with van der Waals surface area (Å²) >= 11 is 0. The molecule has 2 rings (SSSR count). The Balaban J connectivity index is 2.31. The number of non-ortho nitro benzene ring substituents is 1. The fourth-order valence-electron chi connectivity index (χ4n) is 2.39. The molecule has 0 fully saturated rings. The molecule has 0 unspecified atom stereocenters. The van der Waals surface area contributed by atoms with Gasteiger partial charge in [-0.15, -0.1) is 0 Å². The van der Waals surface area contributed by atoms with Gasteiger partial charge in [-0.05, 0) is 36.1 Å². The molecule has 24 heavy (non-hydrogen) atoms. The summed E-state index contributed by atoms with van der Waals surface area (Å²) in [6.45, 7) is 2.11. The smallest absolute Gasteiger partial charge is 0.258 e.